The summed E-state index contributed by atoms with van der Waals surface area (Å²) in [6.07, 6.45) is 26.2. The minimum absolute atomic E-state index is 0.280. The third-order valence-electron chi connectivity index (χ3n) is 9.07. The lowest BCUT2D eigenvalue weighted by Crippen LogP contribution is -2.20. The Kier molecular flexibility index (Phi) is 13.9. The molecule has 0 amide bonds. The van der Waals surface area contributed by atoms with Crippen LogP contribution in [-0.4, -0.2) is 16.4 Å². The molecule has 0 radical (unpaired) electrons. The Morgan fingerprint density at radius 1 is 0.776 bits per heavy atom. The van der Waals surface area contributed by atoms with Gasteiger partial charge in [-0.25, -0.2) is 4.57 Å². The van der Waals surface area contributed by atoms with E-state index in [4.69, 9.17) is 13.8 Å². The summed E-state index contributed by atoms with van der Waals surface area (Å²) in [6.45, 7) is 16.1. The van der Waals surface area contributed by atoms with Gasteiger partial charge in [0.1, 0.15) is 17.2 Å². The number of allylic oxidation sites excluding steroid dienone is 6. The standard InChI is InChI=1S/C42H60NO5P/c1-8-9-10-11-12-13-14-15-16-19-28-46-39-30-37(42(5,6)7)40(31-36(39)41(2,3)4)48-49(44,45)47-35-25-20-22-33(29-35)32-43-27-21-24-34-23-17-18-26-38(34)43/h17-18,20-22,24-27,29-31H,8-16,19,23,28,32H2,1-7H3,(H,44,45). The van der Waals surface area contributed by atoms with Gasteiger partial charge in [0.05, 0.1) is 6.61 Å². The van der Waals surface area contributed by atoms with E-state index in [1.54, 1.807) is 12.1 Å². The van der Waals surface area contributed by atoms with Crippen molar-refractivity contribution in [2.24, 2.45) is 0 Å². The zero-order valence-electron chi connectivity index (χ0n) is 31.1. The molecule has 268 valence electrons. The molecule has 7 heteroatoms. The summed E-state index contributed by atoms with van der Waals surface area (Å²) in [6, 6.07) is 11.2. The Hall–Kier alpha value is -3.21. The summed E-state index contributed by atoms with van der Waals surface area (Å²) in [5.41, 5.74) is 4.45. The number of rotatable bonds is 18. The maximum absolute atomic E-state index is 13.6. The number of phosphoric ester groups is 1. The fraction of sp³-hybridized carbons (Fsp3) is 0.524. The van der Waals surface area contributed by atoms with Crippen LogP contribution in [0.1, 0.15) is 136 Å². The average Bonchev–Trinajstić information content (AvgIpc) is 3.03. The van der Waals surface area contributed by atoms with Gasteiger partial charge in [-0.15, -0.1) is 0 Å². The number of ether oxygens (including phenoxy) is 1. The molecular formula is C42H60NO5P. The number of unbranched alkanes of at least 4 members (excludes halogenated alkanes) is 9. The molecule has 2 aromatic carbocycles. The van der Waals surface area contributed by atoms with E-state index >= 15 is 0 Å². The molecule has 1 atom stereocenters. The summed E-state index contributed by atoms with van der Waals surface area (Å²) in [4.78, 5) is 13.3. The van der Waals surface area contributed by atoms with Gasteiger partial charge >= 0.3 is 7.82 Å². The number of nitrogens with zero attached hydrogens (tertiary/aromatic N) is 1. The molecule has 4 rings (SSSR count). The first-order chi connectivity index (χ1) is 23.3. The van der Waals surface area contributed by atoms with Crippen LogP contribution in [0.15, 0.2) is 84.2 Å². The third-order valence-corrected chi connectivity index (χ3v) is 9.94. The highest BCUT2D eigenvalue weighted by atomic mass is 31.2. The van der Waals surface area contributed by atoms with Crippen LogP contribution in [0.5, 0.6) is 17.2 Å². The molecule has 49 heavy (non-hydrogen) atoms. The zero-order chi connectivity index (χ0) is 35.5. The van der Waals surface area contributed by atoms with Gasteiger partial charge in [-0.1, -0.05) is 137 Å². The Bertz CT molecular complexity index is 1560. The van der Waals surface area contributed by atoms with Gasteiger partial charge in [0, 0.05) is 29.6 Å². The average molecular weight is 690 g/mol. The highest BCUT2D eigenvalue weighted by Gasteiger charge is 2.32. The van der Waals surface area contributed by atoms with Crippen molar-refractivity contribution in [2.45, 2.75) is 136 Å². The maximum Gasteiger partial charge on any atom is 0.584 e. The third kappa shape index (κ3) is 12.0. The molecular weight excluding hydrogens is 629 g/mol. The number of benzene rings is 2. The molecule has 2 aromatic rings. The first-order valence-corrected chi connectivity index (χ1v) is 19.9. The number of hydrogen-bond donors (Lipinski definition) is 1. The van der Waals surface area contributed by atoms with E-state index in [2.05, 4.69) is 83.7 Å². The van der Waals surface area contributed by atoms with Crippen LogP contribution in [0.2, 0.25) is 0 Å². The van der Waals surface area contributed by atoms with E-state index in [0.717, 1.165) is 47.4 Å². The quantitative estimate of drug-likeness (QED) is 0.124. The first kappa shape index (κ1) is 38.6. The van der Waals surface area contributed by atoms with E-state index in [9.17, 15) is 9.46 Å². The van der Waals surface area contributed by atoms with Crippen molar-refractivity contribution in [1.29, 1.82) is 0 Å². The molecule has 2 aliphatic rings. The van der Waals surface area contributed by atoms with Crippen LogP contribution in [-0.2, 0) is 21.9 Å². The highest BCUT2D eigenvalue weighted by molar-refractivity contribution is 7.48. The van der Waals surface area contributed by atoms with Gasteiger partial charge in [0.25, 0.3) is 0 Å². The minimum atomic E-state index is -4.55. The molecule has 1 heterocycles. The molecule has 1 unspecified atom stereocenters. The van der Waals surface area contributed by atoms with Crippen LogP contribution in [0.3, 0.4) is 0 Å². The van der Waals surface area contributed by atoms with Crippen molar-refractivity contribution in [1.82, 2.24) is 4.90 Å². The molecule has 1 N–H and O–H groups in total. The second-order valence-corrected chi connectivity index (χ2v) is 16.8. The van der Waals surface area contributed by atoms with E-state index in [1.807, 2.05) is 30.5 Å². The maximum atomic E-state index is 13.6. The number of hydrogen-bond acceptors (Lipinski definition) is 5. The molecule has 0 bridgehead atoms. The summed E-state index contributed by atoms with van der Waals surface area (Å²) in [5.74, 6) is 1.42. The smallest absolute Gasteiger partial charge is 0.493 e. The van der Waals surface area contributed by atoms with Crippen molar-refractivity contribution < 1.29 is 23.2 Å². The molecule has 6 nitrogen and oxygen atoms in total. The Morgan fingerprint density at radius 2 is 1.41 bits per heavy atom. The number of phosphoric acid groups is 1. The SMILES string of the molecule is CCCCCCCCCCCCOc1cc(C(C)(C)C)c(OP(=O)(O)Oc2cccc(CN3C=CC=C4CC=CC=C43)c2)cc1C(C)(C)C. The zero-order valence-corrected chi connectivity index (χ0v) is 32.0. The van der Waals surface area contributed by atoms with Gasteiger partial charge in [-0.05, 0) is 71.2 Å². The first-order valence-electron chi connectivity index (χ1n) is 18.4. The van der Waals surface area contributed by atoms with Crippen LogP contribution < -0.4 is 13.8 Å². The van der Waals surface area contributed by atoms with Crippen LogP contribution in [0.4, 0.5) is 0 Å². The van der Waals surface area contributed by atoms with Crippen LogP contribution in [0, 0.1) is 0 Å². The van der Waals surface area contributed by atoms with Gasteiger partial charge in [-0.3, -0.25) is 4.89 Å². The molecule has 0 fully saturated rings. The van der Waals surface area contributed by atoms with E-state index in [0.29, 0.717) is 18.9 Å². The van der Waals surface area contributed by atoms with Crippen molar-refractivity contribution in [2.75, 3.05) is 6.61 Å². The van der Waals surface area contributed by atoms with E-state index < -0.39 is 7.82 Å². The van der Waals surface area contributed by atoms with Gasteiger partial charge < -0.3 is 18.7 Å². The normalized spacial score (nSPS) is 15.7. The van der Waals surface area contributed by atoms with E-state index in [1.165, 1.54) is 56.9 Å². The summed E-state index contributed by atoms with van der Waals surface area (Å²) in [7, 11) is -4.55. The summed E-state index contributed by atoms with van der Waals surface area (Å²) >= 11 is 0. The predicted molar refractivity (Wildman–Crippen MR) is 203 cm³/mol. The minimum Gasteiger partial charge on any atom is -0.493 e. The lowest BCUT2D eigenvalue weighted by molar-refractivity contribution is 0.283. The van der Waals surface area contributed by atoms with Crippen LogP contribution in [0.25, 0.3) is 0 Å². The van der Waals surface area contributed by atoms with Gasteiger partial charge in [0.2, 0.25) is 0 Å². The Balaban J connectivity index is 1.42. The van der Waals surface area contributed by atoms with Crippen molar-refractivity contribution in [3.8, 4) is 17.2 Å². The Labute approximate surface area is 296 Å². The molecule has 0 aromatic heterocycles. The fourth-order valence-electron chi connectivity index (χ4n) is 6.35. The molecule has 0 saturated carbocycles. The highest BCUT2D eigenvalue weighted by Crippen LogP contribution is 2.50. The van der Waals surface area contributed by atoms with Crippen molar-refractivity contribution >= 4 is 7.82 Å². The fourth-order valence-corrected chi connectivity index (χ4v) is 7.17. The monoisotopic (exact) mass is 689 g/mol. The van der Waals surface area contributed by atoms with Gasteiger partial charge in [-0.2, -0.15) is 0 Å². The Morgan fingerprint density at radius 3 is 2.08 bits per heavy atom. The van der Waals surface area contributed by atoms with Crippen molar-refractivity contribution in [3.63, 3.8) is 0 Å². The number of fused-ring (bicyclic) bond motifs is 1. The second kappa shape index (κ2) is 17.6. The van der Waals surface area contributed by atoms with E-state index in [-0.39, 0.29) is 16.6 Å². The summed E-state index contributed by atoms with van der Waals surface area (Å²) in [5, 5.41) is 0. The molecule has 1 aliphatic heterocycles. The lowest BCUT2D eigenvalue weighted by Gasteiger charge is -2.30. The summed E-state index contributed by atoms with van der Waals surface area (Å²) < 4.78 is 31.6. The van der Waals surface area contributed by atoms with Gasteiger partial charge in [0.15, 0.2) is 0 Å². The largest absolute Gasteiger partial charge is 0.584 e. The topological polar surface area (TPSA) is 68.2 Å². The second-order valence-electron chi connectivity index (χ2n) is 15.5. The lowest BCUT2D eigenvalue weighted by atomic mass is 9.81. The molecule has 0 spiro atoms. The predicted octanol–water partition coefficient (Wildman–Crippen LogP) is 12.2. The van der Waals surface area contributed by atoms with Crippen molar-refractivity contribution in [3.05, 3.63) is 101 Å². The molecule has 1 aliphatic carbocycles. The molecule has 0 saturated heterocycles. The van der Waals surface area contributed by atoms with Crippen LogP contribution >= 0.6 is 7.82 Å².